The molecular formula is C54H33NO2S. The molecule has 0 bridgehead atoms. The molecule has 12 aromatic rings. The Bertz CT molecular complexity index is 3520. The summed E-state index contributed by atoms with van der Waals surface area (Å²) >= 11 is 1.86. The maximum atomic E-state index is 6.94. The van der Waals surface area contributed by atoms with Gasteiger partial charge in [-0.25, -0.2) is 0 Å². The van der Waals surface area contributed by atoms with Crippen molar-refractivity contribution in [1.82, 2.24) is 0 Å². The van der Waals surface area contributed by atoms with E-state index in [1.165, 1.54) is 31.3 Å². The molecule has 9 aromatic carbocycles. The molecule has 12 rings (SSSR count). The van der Waals surface area contributed by atoms with Crippen LogP contribution in [0.1, 0.15) is 0 Å². The molecule has 0 N–H and O–H groups in total. The number of hydrogen-bond donors (Lipinski definition) is 0. The van der Waals surface area contributed by atoms with E-state index < -0.39 is 0 Å². The highest BCUT2D eigenvalue weighted by Crippen LogP contribution is 2.49. The lowest BCUT2D eigenvalue weighted by molar-refractivity contribution is 0.669. The zero-order valence-corrected chi connectivity index (χ0v) is 32.0. The summed E-state index contributed by atoms with van der Waals surface area (Å²) in [7, 11) is 0. The predicted octanol–water partition coefficient (Wildman–Crippen LogP) is 16.3. The molecule has 272 valence electrons. The number of fused-ring (bicyclic) bond motifs is 9. The Kier molecular flexibility index (Phi) is 7.40. The Morgan fingerprint density at radius 3 is 1.72 bits per heavy atom. The largest absolute Gasteiger partial charge is 0.455 e. The average molecular weight is 760 g/mol. The van der Waals surface area contributed by atoms with Gasteiger partial charge in [0.25, 0.3) is 0 Å². The van der Waals surface area contributed by atoms with Gasteiger partial charge in [0.15, 0.2) is 0 Å². The first-order valence-electron chi connectivity index (χ1n) is 19.6. The molecule has 0 aliphatic heterocycles. The van der Waals surface area contributed by atoms with Crippen LogP contribution in [0.4, 0.5) is 17.1 Å². The van der Waals surface area contributed by atoms with Crippen molar-refractivity contribution in [1.29, 1.82) is 0 Å². The van der Waals surface area contributed by atoms with Gasteiger partial charge in [0.1, 0.15) is 22.3 Å². The first kappa shape index (κ1) is 32.8. The van der Waals surface area contributed by atoms with Crippen LogP contribution in [0.25, 0.3) is 97.4 Å². The third-order valence-corrected chi connectivity index (χ3v) is 12.7. The summed E-state index contributed by atoms with van der Waals surface area (Å²) in [5.41, 5.74) is 13.5. The third-order valence-electron chi connectivity index (χ3n) is 11.5. The summed E-state index contributed by atoms with van der Waals surface area (Å²) in [5.74, 6) is 0. The molecule has 3 nitrogen and oxygen atoms in total. The molecule has 0 radical (unpaired) electrons. The lowest BCUT2D eigenvalue weighted by atomic mass is 9.92. The second kappa shape index (κ2) is 13.1. The van der Waals surface area contributed by atoms with Crippen LogP contribution in [-0.2, 0) is 0 Å². The minimum atomic E-state index is 0.859. The normalized spacial score (nSPS) is 11.8. The number of hydrogen-bond acceptors (Lipinski definition) is 4. The highest BCUT2D eigenvalue weighted by molar-refractivity contribution is 7.26. The van der Waals surface area contributed by atoms with Gasteiger partial charge in [0.2, 0.25) is 0 Å². The van der Waals surface area contributed by atoms with Crippen LogP contribution >= 0.6 is 11.3 Å². The fraction of sp³-hybridized carbons (Fsp3) is 0. The van der Waals surface area contributed by atoms with Gasteiger partial charge in [-0.3, -0.25) is 0 Å². The fourth-order valence-electron chi connectivity index (χ4n) is 8.89. The van der Waals surface area contributed by atoms with Gasteiger partial charge < -0.3 is 13.7 Å². The Hall–Kier alpha value is -7.40. The van der Waals surface area contributed by atoms with Crippen LogP contribution in [0.3, 0.4) is 0 Å². The Morgan fingerprint density at radius 1 is 0.345 bits per heavy atom. The SMILES string of the molecule is c1ccc(N(c2ccc(-c3cccc4c3oc3ccccc34)cc2)c2ccc(-c3ccccc3-c3cccc4c3sc3ccccc34)c3oc4ccccc4c23)cc1. The van der Waals surface area contributed by atoms with Crippen molar-refractivity contribution in [2.75, 3.05) is 4.90 Å². The summed E-state index contributed by atoms with van der Waals surface area (Å²) < 4.78 is 16.0. The number of furan rings is 2. The molecular weight excluding hydrogens is 727 g/mol. The number of nitrogens with zero attached hydrogens (tertiary/aromatic N) is 1. The van der Waals surface area contributed by atoms with E-state index >= 15 is 0 Å². The van der Waals surface area contributed by atoms with Crippen molar-refractivity contribution < 1.29 is 8.83 Å². The van der Waals surface area contributed by atoms with Gasteiger partial charge in [-0.15, -0.1) is 11.3 Å². The third kappa shape index (κ3) is 5.05. The highest BCUT2D eigenvalue weighted by Gasteiger charge is 2.24. The number of thiophene rings is 1. The Morgan fingerprint density at radius 2 is 0.914 bits per heavy atom. The molecule has 0 amide bonds. The maximum Gasteiger partial charge on any atom is 0.145 e. The van der Waals surface area contributed by atoms with E-state index in [1.807, 2.05) is 23.5 Å². The van der Waals surface area contributed by atoms with E-state index in [-0.39, 0.29) is 0 Å². The molecule has 58 heavy (non-hydrogen) atoms. The van der Waals surface area contributed by atoms with Crippen molar-refractivity contribution in [2.45, 2.75) is 0 Å². The molecule has 3 heterocycles. The highest BCUT2D eigenvalue weighted by atomic mass is 32.1. The van der Waals surface area contributed by atoms with Crippen molar-refractivity contribution in [2.24, 2.45) is 0 Å². The molecule has 0 saturated heterocycles. The second-order valence-electron chi connectivity index (χ2n) is 14.8. The van der Waals surface area contributed by atoms with E-state index in [0.29, 0.717) is 0 Å². The van der Waals surface area contributed by atoms with Crippen molar-refractivity contribution >= 4 is 92.4 Å². The molecule has 0 aliphatic rings. The van der Waals surface area contributed by atoms with Gasteiger partial charge in [0, 0.05) is 64.4 Å². The van der Waals surface area contributed by atoms with Gasteiger partial charge in [-0.05, 0) is 71.3 Å². The number of anilines is 3. The van der Waals surface area contributed by atoms with Crippen LogP contribution in [0.5, 0.6) is 0 Å². The molecule has 0 saturated carbocycles. The number of para-hydroxylation sites is 4. The molecule has 0 spiro atoms. The zero-order chi connectivity index (χ0) is 38.2. The van der Waals surface area contributed by atoms with Gasteiger partial charge in [-0.1, -0.05) is 146 Å². The number of rotatable bonds is 6. The zero-order valence-electron chi connectivity index (χ0n) is 31.2. The smallest absolute Gasteiger partial charge is 0.145 e. The first-order valence-corrected chi connectivity index (χ1v) is 20.4. The van der Waals surface area contributed by atoms with Gasteiger partial charge >= 0.3 is 0 Å². The summed E-state index contributed by atoms with van der Waals surface area (Å²) in [6, 6.07) is 71.2. The minimum Gasteiger partial charge on any atom is -0.455 e. The molecule has 0 fully saturated rings. The van der Waals surface area contributed by atoms with Gasteiger partial charge in [-0.2, -0.15) is 0 Å². The topological polar surface area (TPSA) is 29.5 Å². The lowest BCUT2D eigenvalue weighted by Crippen LogP contribution is -2.10. The van der Waals surface area contributed by atoms with E-state index in [2.05, 4.69) is 193 Å². The van der Waals surface area contributed by atoms with E-state index in [0.717, 1.165) is 83.2 Å². The van der Waals surface area contributed by atoms with Crippen molar-refractivity contribution in [3.8, 4) is 33.4 Å². The van der Waals surface area contributed by atoms with E-state index in [4.69, 9.17) is 8.83 Å². The molecule has 0 atom stereocenters. The molecule has 0 aliphatic carbocycles. The monoisotopic (exact) mass is 759 g/mol. The fourth-order valence-corrected chi connectivity index (χ4v) is 10.1. The predicted molar refractivity (Wildman–Crippen MR) is 245 cm³/mol. The lowest BCUT2D eigenvalue weighted by Gasteiger charge is -2.27. The van der Waals surface area contributed by atoms with Crippen LogP contribution in [0, 0.1) is 0 Å². The van der Waals surface area contributed by atoms with Crippen LogP contribution in [0.2, 0.25) is 0 Å². The summed E-state index contributed by atoms with van der Waals surface area (Å²) in [4.78, 5) is 2.35. The minimum absolute atomic E-state index is 0.859. The quantitative estimate of drug-likeness (QED) is 0.169. The molecule has 4 heteroatoms. The first-order chi connectivity index (χ1) is 28.8. The van der Waals surface area contributed by atoms with Crippen LogP contribution < -0.4 is 4.90 Å². The van der Waals surface area contributed by atoms with Crippen LogP contribution in [-0.4, -0.2) is 0 Å². The van der Waals surface area contributed by atoms with Crippen molar-refractivity contribution in [3.63, 3.8) is 0 Å². The average Bonchev–Trinajstić information content (AvgIpc) is 3.99. The summed E-state index contributed by atoms with van der Waals surface area (Å²) in [6.45, 7) is 0. The Labute approximate surface area is 338 Å². The molecule has 3 aromatic heterocycles. The summed E-state index contributed by atoms with van der Waals surface area (Å²) in [6.07, 6.45) is 0. The maximum absolute atomic E-state index is 6.94. The molecule has 0 unspecified atom stereocenters. The van der Waals surface area contributed by atoms with E-state index in [9.17, 15) is 0 Å². The Balaban J connectivity index is 1.05. The van der Waals surface area contributed by atoms with Crippen molar-refractivity contribution in [3.05, 3.63) is 200 Å². The van der Waals surface area contributed by atoms with Crippen LogP contribution in [0.15, 0.2) is 209 Å². The van der Waals surface area contributed by atoms with E-state index in [1.54, 1.807) is 0 Å². The second-order valence-corrected chi connectivity index (χ2v) is 15.8. The summed E-state index contributed by atoms with van der Waals surface area (Å²) in [5, 5.41) is 6.99. The van der Waals surface area contributed by atoms with Gasteiger partial charge in [0.05, 0.1) is 11.1 Å². The standard InChI is InChI=1S/C54H33NO2S/c1-2-14-35(15-3-1)55(36-30-28-34(29-31-36)37-21-12-22-42-40-18-6-9-25-48(40)56-52(37)42)47-33-32-43(53-51(47)46-20-7-10-26-49(46)57-53)38-16-4-5-17-39(38)44-23-13-24-45-41-19-8-11-27-50(41)58-54(44)45/h1-33H. The number of benzene rings is 9.